The third-order valence-electron chi connectivity index (χ3n) is 3.84. The molecule has 0 spiro atoms. The van der Waals surface area contributed by atoms with Crippen molar-refractivity contribution in [2.45, 2.75) is 31.8 Å². The van der Waals surface area contributed by atoms with Crippen LogP contribution in [0.1, 0.15) is 24.3 Å². The maximum atomic E-state index is 5.95. The average Bonchev–Trinajstić information content (AvgIpc) is 3.07. The predicted octanol–water partition coefficient (Wildman–Crippen LogP) is 3.62. The van der Waals surface area contributed by atoms with Gasteiger partial charge < -0.3 is 10.1 Å². The van der Waals surface area contributed by atoms with Gasteiger partial charge in [-0.3, -0.25) is 0 Å². The molecule has 0 radical (unpaired) electrons. The Balaban J connectivity index is 1.50. The van der Waals surface area contributed by atoms with Crippen molar-refractivity contribution in [3.8, 4) is 5.75 Å². The van der Waals surface area contributed by atoms with Gasteiger partial charge in [0.1, 0.15) is 11.9 Å². The highest BCUT2D eigenvalue weighted by atomic mass is 32.1. The molecule has 0 saturated heterocycles. The molecule has 3 rings (SSSR count). The zero-order valence-electron chi connectivity index (χ0n) is 12.1. The van der Waals surface area contributed by atoms with E-state index in [2.05, 4.69) is 54.9 Å². The summed E-state index contributed by atoms with van der Waals surface area (Å²) >= 11 is 1.83. The van der Waals surface area contributed by atoms with E-state index >= 15 is 0 Å². The van der Waals surface area contributed by atoms with Crippen molar-refractivity contribution in [3.63, 3.8) is 0 Å². The standard InChI is InChI=1S/C17H21NOS/c1-17(2,16-8-5-9-20-16)12-18-11-14-10-13-6-3-4-7-15(13)19-14/h3-9,14,18H,10-12H2,1-2H3. The number of thiophene rings is 1. The lowest BCUT2D eigenvalue weighted by molar-refractivity contribution is 0.224. The summed E-state index contributed by atoms with van der Waals surface area (Å²) in [7, 11) is 0. The van der Waals surface area contributed by atoms with Crippen LogP contribution >= 0.6 is 11.3 Å². The summed E-state index contributed by atoms with van der Waals surface area (Å²) in [6.07, 6.45) is 1.29. The fourth-order valence-electron chi connectivity index (χ4n) is 2.66. The molecule has 1 unspecified atom stereocenters. The Labute approximate surface area is 124 Å². The van der Waals surface area contributed by atoms with E-state index in [9.17, 15) is 0 Å². The van der Waals surface area contributed by atoms with Gasteiger partial charge in [-0.05, 0) is 23.1 Å². The third kappa shape index (κ3) is 2.89. The number of hydrogen-bond acceptors (Lipinski definition) is 3. The quantitative estimate of drug-likeness (QED) is 0.907. The van der Waals surface area contributed by atoms with Crippen LogP contribution in [-0.4, -0.2) is 19.2 Å². The Bertz CT molecular complexity index is 537. The van der Waals surface area contributed by atoms with Gasteiger partial charge in [0, 0.05) is 29.8 Å². The van der Waals surface area contributed by atoms with Gasteiger partial charge in [0.05, 0.1) is 0 Å². The van der Waals surface area contributed by atoms with Crippen LogP contribution in [0.2, 0.25) is 0 Å². The van der Waals surface area contributed by atoms with E-state index in [0.717, 1.165) is 25.3 Å². The largest absolute Gasteiger partial charge is 0.488 e. The first-order valence-corrected chi connectivity index (χ1v) is 8.02. The molecule has 0 aliphatic carbocycles. The number of para-hydroxylation sites is 1. The zero-order chi connectivity index (χ0) is 14.0. The van der Waals surface area contributed by atoms with Crippen LogP contribution in [0.5, 0.6) is 5.75 Å². The molecular weight excluding hydrogens is 266 g/mol. The highest BCUT2D eigenvalue weighted by Crippen LogP contribution is 2.29. The minimum Gasteiger partial charge on any atom is -0.488 e. The molecule has 106 valence electrons. The lowest BCUT2D eigenvalue weighted by Gasteiger charge is -2.24. The topological polar surface area (TPSA) is 21.3 Å². The van der Waals surface area contributed by atoms with Crippen molar-refractivity contribution in [3.05, 3.63) is 52.2 Å². The predicted molar refractivity (Wildman–Crippen MR) is 84.8 cm³/mol. The molecule has 3 heteroatoms. The van der Waals surface area contributed by atoms with Crippen LogP contribution in [0.4, 0.5) is 0 Å². The van der Waals surface area contributed by atoms with Crippen LogP contribution in [0.3, 0.4) is 0 Å². The van der Waals surface area contributed by atoms with Crippen molar-refractivity contribution in [1.82, 2.24) is 5.32 Å². The number of fused-ring (bicyclic) bond motifs is 1. The molecule has 1 aromatic carbocycles. The molecule has 20 heavy (non-hydrogen) atoms. The van der Waals surface area contributed by atoms with E-state index < -0.39 is 0 Å². The van der Waals surface area contributed by atoms with Gasteiger partial charge in [-0.15, -0.1) is 11.3 Å². The van der Waals surface area contributed by atoms with Crippen molar-refractivity contribution < 1.29 is 4.74 Å². The second-order valence-corrected chi connectivity index (χ2v) is 6.99. The first-order valence-electron chi connectivity index (χ1n) is 7.14. The van der Waals surface area contributed by atoms with Crippen molar-refractivity contribution >= 4 is 11.3 Å². The van der Waals surface area contributed by atoms with Crippen LogP contribution in [0.15, 0.2) is 41.8 Å². The van der Waals surface area contributed by atoms with Crippen molar-refractivity contribution in [2.24, 2.45) is 0 Å². The summed E-state index contributed by atoms with van der Waals surface area (Å²) in [6, 6.07) is 12.7. The fraction of sp³-hybridized carbons (Fsp3) is 0.412. The summed E-state index contributed by atoms with van der Waals surface area (Å²) in [5.74, 6) is 1.05. The highest BCUT2D eigenvalue weighted by molar-refractivity contribution is 7.10. The van der Waals surface area contributed by atoms with E-state index in [1.54, 1.807) is 0 Å². The molecule has 1 aliphatic heterocycles. The summed E-state index contributed by atoms with van der Waals surface area (Å²) in [5.41, 5.74) is 1.51. The van der Waals surface area contributed by atoms with E-state index in [1.807, 2.05) is 17.4 Å². The second-order valence-electron chi connectivity index (χ2n) is 6.04. The smallest absolute Gasteiger partial charge is 0.123 e. The number of rotatable bonds is 5. The number of benzene rings is 1. The first-order chi connectivity index (χ1) is 9.65. The molecule has 0 fully saturated rings. The Hall–Kier alpha value is -1.32. The van der Waals surface area contributed by atoms with Crippen LogP contribution in [0, 0.1) is 0 Å². The molecule has 1 aromatic heterocycles. The number of hydrogen-bond donors (Lipinski definition) is 1. The normalized spacial score (nSPS) is 17.8. The molecule has 1 N–H and O–H groups in total. The molecule has 0 saturated carbocycles. The van der Waals surface area contributed by atoms with Crippen LogP contribution in [-0.2, 0) is 11.8 Å². The van der Waals surface area contributed by atoms with E-state index in [1.165, 1.54) is 10.4 Å². The van der Waals surface area contributed by atoms with Crippen molar-refractivity contribution in [1.29, 1.82) is 0 Å². The molecule has 1 aliphatic rings. The highest BCUT2D eigenvalue weighted by Gasteiger charge is 2.24. The third-order valence-corrected chi connectivity index (χ3v) is 5.08. The molecule has 2 heterocycles. The SMILES string of the molecule is CC(C)(CNCC1Cc2ccccc2O1)c1cccs1. The van der Waals surface area contributed by atoms with Gasteiger partial charge in [-0.1, -0.05) is 38.1 Å². The summed E-state index contributed by atoms with van der Waals surface area (Å²) < 4.78 is 5.95. The van der Waals surface area contributed by atoms with Crippen LogP contribution in [0.25, 0.3) is 0 Å². The average molecular weight is 287 g/mol. The first kappa shape index (κ1) is 13.7. The minimum atomic E-state index is 0.180. The fourth-order valence-corrected chi connectivity index (χ4v) is 3.52. The summed E-state index contributed by atoms with van der Waals surface area (Å²) in [4.78, 5) is 1.43. The molecule has 2 nitrogen and oxygen atoms in total. The maximum Gasteiger partial charge on any atom is 0.123 e. The Morgan fingerprint density at radius 3 is 2.85 bits per heavy atom. The van der Waals surface area contributed by atoms with Gasteiger partial charge in [0.15, 0.2) is 0 Å². The summed E-state index contributed by atoms with van der Waals surface area (Å²) in [6.45, 7) is 6.46. The van der Waals surface area contributed by atoms with E-state index in [-0.39, 0.29) is 11.5 Å². The second kappa shape index (κ2) is 5.58. The molecule has 0 bridgehead atoms. The lowest BCUT2D eigenvalue weighted by Crippen LogP contribution is -2.38. The minimum absolute atomic E-state index is 0.180. The van der Waals surface area contributed by atoms with Gasteiger partial charge in [-0.2, -0.15) is 0 Å². The molecule has 0 amide bonds. The monoisotopic (exact) mass is 287 g/mol. The zero-order valence-corrected chi connectivity index (χ0v) is 12.9. The van der Waals surface area contributed by atoms with Gasteiger partial charge in [0.2, 0.25) is 0 Å². The van der Waals surface area contributed by atoms with Gasteiger partial charge >= 0.3 is 0 Å². The van der Waals surface area contributed by atoms with Crippen LogP contribution < -0.4 is 10.1 Å². The Kier molecular flexibility index (Phi) is 3.81. The van der Waals surface area contributed by atoms with Gasteiger partial charge in [-0.25, -0.2) is 0 Å². The van der Waals surface area contributed by atoms with Gasteiger partial charge in [0.25, 0.3) is 0 Å². The molecule has 1 atom stereocenters. The van der Waals surface area contributed by atoms with Crippen molar-refractivity contribution in [2.75, 3.05) is 13.1 Å². The molecule has 2 aromatic rings. The number of nitrogens with one attached hydrogen (secondary N) is 1. The number of ether oxygens (including phenoxy) is 1. The maximum absolute atomic E-state index is 5.95. The lowest BCUT2D eigenvalue weighted by atomic mass is 9.91. The summed E-state index contributed by atoms with van der Waals surface area (Å²) in [5, 5.41) is 5.72. The van der Waals surface area contributed by atoms with E-state index in [0.29, 0.717) is 0 Å². The molecular formula is C17H21NOS. The van der Waals surface area contributed by atoms with E-state index in [4.69, 9.17) is 4.74 Å². The Morgan fingerprint density at radius 2 is 2.10 bits per heavy atom. The Morgan fingerprint density at radius 1 is 1.25 bits per heavy atom.